The third-order valence-corrected chi connectivity index (χ3v) is 2.40. The highest BCUT2D eigenvalue weighted by Gasteiger charge is 2.23. The van der Waals surface area contributed by atoms with E-state index < -0.39 is 18.0 Å². The molecule has 1 rings (SSSR count). The van der Waals surface area contributed by atoms with Gasteiger partial charge in [-0.25, -0.2) is 4.39 Å². The van der Waals surface area contributed by atoms with Gasteiger partial charge in [-0.2, -0.15) is 0 Å². The van der Waals surface area contributed by atoms with Gasteiger partial charge in [0.25, 0.3) is 0 Å². The first-order chi connectivity index (χ1) is 6.99. The maximum Gasteiger partial charge on any atom is 0.151 e. The number of ether oxygens (including phenoxy) is 1. The lowest BCUT2D eigenvalue weighted by Gasteiger charge is -2.18. The van der Waals surface area contributed by atoms with Crippen molar-refractivity contribution in [1.29, 1.82) is 0 Å². The van der Waals surface area contributed by atoms with Crippen molar-refractivity contribution >= 4 is 11.6 Å². The Bertz CT molecular complexity index is 358. The summed E-state index contributed by atoms with van der Waals surface area (Å²) >= 11 is 5.61. The fourth-order valence-corrected chi connectivity index (χ4v) is 1.43. The van der Waals surface area contributed by atoms with Crippen LogP contribution in [0.2, 0.25) is 5.02 Å². The van der Waals surface area contributed by atoms with Crippen LogP contribution >= 0.6 is 11.6 Å². The second-order valence-corrected chi connectivity index (χ2v) is 3.69. The van der Waals surface area contributed by atoms with Crippen molar-refractivity contribution in [2.24, 2.45) is 5.73 Å². The summed E-state index contributed by atoms with van der Waals surface area (Å²) in [5.41, 5.74) is 5.50. The van der Waals surface area contributed by atoms with Gasteiger partial charge in [-0.15, -0.1) is 0 Å². The number of aliphatic hydroxyl groups is 1. The standard InChI is InChI=1S/C10H13ClFNO2/c1-5(13)10(14)8-7(15-2)4-3-6(11)9(8)12/h3-5,10,14H,13H2,1-2H3. The summed E-state index contributed by atoms with van der Waals surface area (Å²) in [6, 6.07) is 2.26. The van der Waals surface area contributed by atoms with Gasteiger partial charge in [0.05, 0.1) is 17.7 Å². The lowest BCUT2D eigenvalue weighted by molar-refractivity contribution is 0.145. The molecule has 0 bridgehead atoms. The maximum atomic E-state index is 13.6. The van der Waals surface area contributed by atoms with E-state index in [1.165, 1.54) is 19.2 Å². The van der Waals surface area contributed by atoms with Crippen LogP contribution in [0.1, 0.15) is 18.6 Å². The fourth-order valence-electron chi connectivity index (χ4n) is 1.27. The van der Waals surface area contributed by atoms with Gasteiger partial charge in [-0.05, 0) is 19.1 Å². The summed E-state index contributed by atoms with van der Waals surface area (Å²) in [7, 11) is 1.39. The Morgan fingerprint density at radius 1 is 1.53 bits per heavy atom. The molecule has 0 aromatic heterocycles. The molecule has 5 heteroatoms. The lowest BCUT2D eigenvalue weighted by atomic mass is 10.0. The molecular formula is C10H13ClFNO2. The van der Waals surface area contributed by atoms with Crippen molar-refractivity contribution in [2.45, 2.75) is 19.1 Å². The van der Waals surface area contributed by atoms with Crippen molar-refractivity contribution in [3.63, 3.8) is 0 Å². The predicted molar refractivity (Wildman–Crippen MR) is 56.6 cm³/mol. The molecule has 2 atom stereocenters. The average Bonchev–Trinajstić information content (AvgIpc) is 2.20. The first-order valence-electron chi connectivity index (χ1n) is 4.44. The number of nitrogens with two attached hydrogens (primary N) is 1. The molecule has 1 aromatic carbocycles. The fraction of sp³-hybridized carbons (Fsp3) is 0.400. The highest BCUT2D eigenvalue weighted by Crippen LogP contribution is 2.33. The van der Waals surface area contributed by atoms with E-state index >= 15 is 0 Å². The molecule has 15 heavy (non-hydrogen) atoms. The predicted octanol–water partition coefficient (Wildman–Crippen LogP) is 1.87. The second-order valence-electron chi connectivity index (χ2n) is 3.28. The number of rotatable bonds is 3. The monoisotopic (exact) mass is 233 g/mol. The van der Waals surface area contributed by atoms with Gasteiger partial charge in [0.15, 0.2) is 5.82 Å². The average molecular weight is 234 g/mol. The van der Waals surface area contributed by atoms with Crippen LogP contribution in [-0.2, 0) is 0 Å². The Hall–Kier alpha value is -0.840. The van der Waals surface area contributed by atoms with Crippen molar-refractivity contribution in [3.05, 3.63) is 28.5 Å². The molecule has 0 aliphatic carbocycles. The van der Waals surface area contributed by atoms with Crippen LogP contribution in [-0.4, -0.2) is 18.3 Å². The zero-order valence-electron chi connectivity index (χ0n) is 8.50. The van der Waals surface area contributed by atoms with Crippen molar-refractivity contribution in [1.82, 2.24) is 0 Å². The summed E-state index contributed by atoms with van der Waals surface area (Å²) in [6.45, 7) is 1.57. The van der Waals surface area contributed by atoms with E-state index in [0.717, 1.165) is 0 Å². The van der Waals surface area contributed by atoms with E-state index in [0.29, 0.717) is 0 Å². The molecule has 3 N–H and O–H groups in total. The highest BCUT2D eigenvalue weighted by molar-refractivity contribution is 6.30. The lowest BCUT2D eigenvalue weighted by Crippen LogP contribution is -2.25. The van der Waals surface area contributed by atoms with E-state index in [2.05, 4.69) is 0 Å². The van der Waals surface area contributed by atoms with E-state index in [1.54, 1.807) is 6.92 Å². The highest BCUT2D eigenvalue weighted by atomic mass is 35.5. The first-order valence-corrected chi connectivity index (χ1v) is 4.82. The summed E-state index contributed by atoms with van der Waals surface area (Å²) in [5.74, 6) is -0.456. The minimum Gasteiger partial charge on any atom is -0.496 e. The summed E-state index contributed by atoms with van der Waals surface area (Å²) in [6.07, 6.45) is -1.14. The van der Waals surface area contributed by atoms with E-state index in [4.69, 9.17) is 22.1 Å². The molecular weight excluding hydrogens is 221 g/mol. The molecule has 0 saturated carbocycles. The molecule has 3 nitrogen and oxygen atoms in total. The Balaban J connectivity index is 3.29. The molecule has 0 amide bonds. The third-order valence-electron chi connectivity index (χ3n) is 2.11. The normalized spacial score (nSPS) is 14.8. The second kappa shape index (κ2) is 4.79. The van der Waals surface area contributed by atoms with Crippen LogP contribution in [0.15, 0.2) is 12.1 Å². The quantitative estimate of drug-likeness (QED) is 0.838. The van der Waals surface area contributed by atoms with Crippen LogP contribution in [0.25, 0.3) is 0 Å². The number of hydrogen-bond acceptors (Lipinski definition) is 3. The van der Waals surface area contributed by atoms with Gasteiger partial charge in [-0.1, -0.05) is 11.6 Å². The first kappa shape index (κ1) is 12.2. The van der Waals surface area contributed by atoms with Crippen molar-refractivity contribution in [3.8, 4) is 5.75 Å². The zero-order valence-corrected chi connectivity index (χ0v) is 9.25. The van der Waals surface area contributed by atoms with Crippen molar-refractivity contribution < 1.29 is 14.2 Å². The van der Waals surface area contributed by atoms with Gasteiger partial charge in [-0.3, -0.25) is 0 Å². The van der Waals surface area contributed by atoms with E-state index in [1.807, 2.05) is 0 Å². The summed E-state index contributed by atoms with van der Waals surface area (Å²) in [4.78, 5) is 0. The van der Waals surface area contributed by atoms with Gasteiger partial charge >= 0.3 is 0 Å². The molecule has 0 saturated heterocycles. The Labute approximate surface area is 92.6 Å². The topological polar surface area (TPSA) is 55.5 Å². The summed E-state index contributed by atoms with van der Waals surface area (Å²) in [5, 5.41) is 9.65. The van der Waals surface area contributed by atoms with Gasteiger partial charge in [0.2, 0.25) is 0 Å². The van der Waals surface area contributed by atoms with Crippen molar-refractivity contribution in [2.75, 3.05) is 7.11 Å². The van der Waals surface area contributed by atoms with Gasteiger partial charge in [0.1, 0.15) is 11.9 Å². The van der Waals surface area contributed by atoms with Crippen LogP contribution in [0.5, 0.6) is 5.75 Å². The van der Waals surface area contributed by atoms with Crippen LogP contribution < -0.4 is 10.5 Å². The third kappa shape index (κ3) is 2.40. The van der Waals surface area contributed by atoms with Crippen LogP contribution in [0, 0.1) is 5.82 Å². The molecule has 0 heterocycles. The molecule has 0 fully saturated rings. The minimum atomic E-state index is -1.14. The molecule has 0 spiro atoms. The molecule has 0 aliphatic rings. The van der Waals surface area contributed by atoms with E-state index in [-0.39, 0.29) is 16.3 Å². The van der Waals surface area contributed by atoms with Crippen LogP contribution in [0.3, 0.4) is 0 Å². The minimum absolute atomic E-state index is 0.000000000000000444. The number of methoxy groups -OCH3 is 1. The largest absolute Gasteiger partial charge is 0.496 e. The van der Waals surface area contributed by atoms with E-state index in [9.17, 15) is 9.50 Å². The molecule has 0 radical (unpaired) electrons. The Kier molecular flexibility index (Phi) is 3.90. The number of benzene rings is 1. The molecule has 84 valence electrons. The number of halogens is 2. The number of aliphatic hydroxyl groups excluding tert-OH is 1. The van der Waals surface area contributed by atoms with Crippen LogP contribution in [0.4, 0.5) is 4.39 Å². The molecule has 1 aromatic rings. The molecule has 0 aliphatic heterocycles. The number of hydrogen-bond donors (Lipinski definition) is 2. The molecule has 2 unspecified atom stereocenters. The smallest absolute Gasteiger partial charge is 0.151 e. The SMILES string of the molecule is COc1ccc(Cl)c(F)c1C(O)C(C)N. The zero-order chi connectivity index (χ0) is 11.6. The van der Waals surface area contributed by atoms with Gasteiger partial charge < -0.3 is 15.6 Å². The van der Waals surface area contributed by atoms with Gasteiger partial charge in [0, 0.05) is 6.04 Å². The maximum absolute atomic E-state index is 13.6. The Morgan fingerprint density at radius 2 is 2.13 bits per heavy atom. The summed E-state index contributed by atoms with van der Waals surface area (Å²) < 4.78 is 18.6. The Morgan fingerprint density at radius 3 is 2.60 bits per heavy atom.